The molecule has 0 aliphatic heterocycles. The summed E-state index contributed by atoms with van der Waals surface area (Å²) in [6.45, 7) is 0. The Balaban J connectivity index is 1.57. The molecule has 0 spiro atoms. The van der Waals surface area contributed by atoms with Gasteiger partial charge < -0.3 is 5.11 Å². The van der Waals surface area contributed by atoms with Gasteiger partial charge in [0, 0.05) is 17.8 Å². The maximum atomic E-state index is 10.6. The summed E-state index contributed by atoms with van der Waals surface area (Å²) in [4.78, 5) is 10.6. The van der Waals surface area contributed by atoms with Crippen LogP contribution in [-0.2, 0) is 4.79 Å². The minimum absolute atomic E-state index is 0.551. The average Bonchev–Trinajstić information content (AvgIpc) is 2.83. The Morgan fingerprint density at radius 3 is 2.45 bits per heavy atom. The van der Waals surface area contributed by atoms with Crippen LogP contribution in [0.1, 0.15) is 43.7 Å². The van der Waals surface area contributed by atoms with E-state index in [9.17, 15) is 4.79 Å². The molecule has 0 unspecified atom stereocenters. The van der Waals surface area contributed by atoms with Gasteiger partial charge in [-0.3, -0.25) is 4.68 Å². The van der Waals surface area contributed by atoms with E-state index in [0.29, 0.717) is 6.04 Å². The third-order valence-corrected chi connectivity index (χ3v) is 5.52. The third kappa shape index (κ3) is 1.98. The van der Waals surface area contributed by atoms with E-state index < -0.39 is 5.97 Å². The van der Waals surface area contributed by atoms with Crippen LogP contribution < -0.4 is 0 Å². The van der Waals surface area contributed by atoms with Crippen molar-refractivity contribution in [3.05, 3.63) is 24.0 Å². The van der Waals surface area contributed by atoms with E-state index in [-0.39, 0.29) is 0 Å². The van der Waals surface area contributed by atoms with Gasteiger partial charge in [0.05, 0.1) is 12.2 Å². The van der Waals surface area contributed by atoms with Crippen molar-refractivity contribution in [1.29, 1.82) is 0 Å². The molecule has 0 amide bonds. The summed E-state index contributed by atoms with van der Waals surface area (Å²) in [6, 6.07) is 0.551. The second-order valence-corrected chi connectivity index (χ2v) is 6.85. The van der Waals surface area contributed by atoms with E-state index in [2.05, 4.69) is 9.78 Å². The first-order valence-corrected chi connectivity index (χ1v) is 7.64. The molecule has 1 aromatic rings. The Labute approximate surface area is 118 Å². The molecule has 1 N–H and O–H groups in total. The zero-order valence-electron chi connectivity index (χ0n) is 11.5. The van der Waals surface area contributed by atoms with E-state index in [1.807, 2.05) is 6.20 Å². The normalized spacial score (nSPS) is 38.7. The zero-order valence-corrected chi connectivity index (χ0v) is 11.5. The minimum Gasteiger partial charge on any atom is -0.478 e. The Morgan fingerprint density at radius 1 is 1.20 bits per heavy atom. The smallest absolute Gasteiger partial charge is 0.328 e. The second-order valence-electron chi connectivity index (χ2n) is 6.85. The molecular formula is C16H20N2O2. The Morgan fingerprint density at radius 2 is 1.85 bits per heavy atom. The van der Waals surface area contributed by atoms with Crippen LogP contribution in [0.25, 0.3) is 6.08 Å². The minimum atomic E-state index is -0.910. The first-order chi connectivity index (χ1) is 9.69. The quantitative estimate of drug-likeness (QED) is 0.861. The van der Waals surface area contributed by atoms with Crippen LogP contribution >= 0.6 is 0 Å². The number of carboxylic acid groups (broad SMARTS) is 1. The predicted octanol–water partition coefficient (Wildman–Crippen LogP) is 2.98. The van der Waals surface area contributed by atoms with Crippen molar-refractivity contribution in [3.8, 4) is 0 Å². The van der Waals surface area contributed by atoms with Gasteiger partial charge in [-0.05, 0) is 61.9 Å². The molecule has 0 aromatic carbocycles. The summed E-state index contributed by atoms with van der Waals surface area (Å²) >= 11 is 0. The molecule has 1 aromatic heterocycles. The lowest BCUT2D eigenvalue weighted by molar-refractivity contribution is -0.131. The topological polar surface area (TPSA) is 55.1 Å². The molecule has 106 valence electrons. The van der Waals surface area contributed by atoms with Crippen LogP contribution in [0.2, 0.25) is 0 Å². The van der Waals surface area contributed by atoms with Gasteiger partial charge in [0.25, 0.3) is 0 Å². The van der Waals surface area contributed by atoms with E-state index in [1.54, 1.807) is 12.3 Å². The van der Waals surface area contributed by atoms with Crippen LogP contribution in [0.4, 0.5) is 0 Å². The number of carbonyl (C=O) groups is 1. The number of hydrogen-bond acceptors (Lipinski definition) is 2. The van der Waals surface area contributed by atoms with Crippen LogP contribution in [0.15, 0.2) is 18.5 Å². The van der Waals surface area contributed by atoms with Gasteiger partial charge in [-0.1, -0.05) is 0 Å². The number of aliphatic carboxylic acids is 1. The highest BCUT2D eigenvalue weighted by atomic mass is 16.4. The van der Waals surface area contributed by atoms with Gasteiger partial charge in [-0.25, -0.2) is 4.79 Å². The molecule has 4 heteroatoms. The molecule has 4 aliphatic carbocycles. The van der Waals surface area contributed by atoms with Crippen molar-refractivity contribution in [3.63, 3.8) is 0 Å². The van der Waals surface area contributed by atoms with Crippen LogP contribution in [-0.4, -0.2) is 20.9 Å². The Bertz CT molecular complexity index is 533. The summed E-state index contributed by atoms with van der Waals surface area (Å²) in [5.41, 5.74) is 0.890. The number of nitrogens with zero attached hydrogens (tertiary/aromatic N) is 2. The lowest BCUT2D eigenvalue weighted by Crippen LogP contribution is -2.46. The van der Waals surface area contributed by atoms with Crippen molar-refractivity contribution in [2.24, 2.45) is 23.7 Å². The molecule has 0 radical (unpaired) electrons. The van der Waals surface area contributed by atoms with Crippen molar-refractivity contribution < 1.29 is 9.90 Å². The highest BCUT2D eigenvalue weighted by Gasteiger charge is 2.49. The van der Waals surface area contributed by atoms with Gasteiger partial charge in [0.1, 0.15) is 0 Å². The summed E-state index contributed by atoms with van der Waals surface area (Å²) in [5.74, 6) is 2.61. The largest absolute Gasteiger partial charge is 0.478 e. The summed E-state index contributed by atoms with van der Waals surface area (Å²) in [7, 11) is 0. The fourth-order valence-corrected chi connectivity index (χ4v) is 5.10. The number of carboxylic acids is 1. The molecule has 4 nitrogen and oxygen atoms in total. The number of hydrogen-bond donors (Lipinski definition) is 1. The van der Waals surface area contributed by atoms with Crippen LogP contribution in [0.3, 0.4) is 0 Å². The Kier molecular flexibility index (Phi) is 2.72. The van der Waals surface area contributed by atoms with Crippen molar-refractivity contribution in [1.82, 2.24) is 9.78 Å². The molecule has 4 bridgehead atoms. The van der Waals surface area contributed by atoms with E-state index in [0.717, 1.165) is 29.2 Å². The predicted molar refractivity (Wildman–Crippen MR) is 75.0 cm³/mol. The van der Waals surface area contributed by atoms with Gasteiger partial charge in [0.2, 0.25) is 0 Å². The first kappa shape index (κ1) is 12.2. The summed E-state index contributed by atoms with van der Waals surface area (Å²) in [5, 5.41) is 13.2. The molecule has 4 fully saturated rings. The molecule has 0 atom stereocenters. The highest BCUT2D eigenvalue weighted by molar-refractivity contribution is 5.85. The standard InChI is InChI=1S/C16H20N2O2/c19-15(20)2-1-10-8-17-18(9-10)16-13-4-11-3-12(6-13)7-14(16)5-11/h1-2,8-9,11-14,16H,3-7H2,(H,19,20)/b2-1+. The van der Waals surface area contributed by atoms with Crippen LogP contribution in [0.5, 0.6) is 0 Å². The maximum absolute atomic E-state index is 10.6. The molecule has 0 saturated heterocycles. The average molecular weight is 272 g/mol. The van der Waals surface area contributed by atoms with Gasteiger partial charge in [0.15, 0.2) is 0 Å². The SMILES string of the molecule is O=C(O)/C=C/c1cnn(C2C3CC4CC(C3)CC2C4)c1. The summed E-state index contributed by atoms with van der Waals surface area (Å²) in [6.07, 6.45) is 13.6. The highest BCUT2D eigenvalue weighted by Crippen LogP contribution is 2.58. The molecule has 1 heterocycles. The monoisotopic (exact) mass is 272 g/mol. The van der Waals surface area contributed by atoms with E-state index >= 15 is 0 Å². The van der Waals surface area contributed by atoms with E-state index in [4.69, 9.17) is 5.11 Å². The van der Waals surface area contributed by atoms with Crippen LogP contribution in [0, 0.1) is 23.7 Å². The first-order valence-electron chi connectivity index (χ1n) is 7.64. The van der Waals surface area contributed by atoms with Crippen molar-refractivity contribution in [2.45, 2.75) is 38.1 Å². The zero-order chi connectivity index (χ0) is 13.7. The summed E-state index contributed by atoms with van der Waals surface area (Å²) < 4.78 is 2.12. The third-order valence-electron chi connectivity index (χ3n) is 5.52. The van der Waals surface area contributed by atoms with Gasteiger partial charge in [-0.15, -0.1) is 0 Å². The van der Waals surface area contributed by atoms with Crippen molar-refractivity contribution in [2.75, 3.05) is 0 Å². The van der Waals surface area contributed by atoms with E-state index in [1.165, 1.54) is 38.2 Å². The Hall–Kier alpha value is -1.58. The number of rotatable bonds is 3. The number of aromatic nitrogens is 2. The molecule has 20 heavy (non-hydrogen) atoms. The molecule has 4 aliphatic rings. The fourth-order valence-electron chi connectivity index (χ4n) is 5.10. The second kappa shape index (κ2) is 4.47. The lowest BCUT2D eigenvalue weighted by atomic mass is 9.54. The molecule has 5 rings (SSSR count). The fraction of sp³-hybridized carbons (Fsp3) is 0.625. The molecular weight excluding hydrogens is 252 g/mol. The lowest BCUT2D eigenvalue weighted by Gasteiger charge is -2.54. The van der Waals surface area contributed by atoms with Gasteiger partial charge in [-0.2, -0.15) is 5.10 Å². The maximum Gasteiger partial charge on any atom is 0.328 e. The molecule has 4 saturated carbocycles. The van der Waals surface area contributed by atoms with Crippen molar-refractivity contribution >= 4 is 12.0 Å². The van der Waals surface area contributed by atoms with Gasteiger partial charge >= 0.3 is 5.97 Å².